The molecule has 9 heteroatoms. The number of aromatic nitrogens is 1. The average molecular weight is 566 g/mol. The summed E-state index contributed by atoms with van der Waals surface area (Å²) in [4.78, 5) is 25.6. The zero-order chi connectivity index (χ0) is 22.8. The van der Waals surface area contributed by atoms with Crippen molar-refractivity contribution in [2.24, 2.45) is 4.99 Å². The highest BCUT2D eigenvalue weighted by atomic mass is 127. The molecule has 0 aliphatic carbocycles. The Bertz CT molecular complexity index is 896. The molecule has 1 fully saturated rings. The van der Waals surface area contributed by atoms with Gasteiger partial charge >= 0.3 is 0 Å². The van der Waals surface area contributed by atoms with Crippen LogP contribution in [0.3, 0.4) is 0 Å². The molecule has 1 amide bonds. The molecule has 0 saturated carbocycles. The fraction of sp³-hybridized carbons (Fsp3) is 0.458. The number of halogens is 1. The minimum Gasteiger partial charge on any atom is -0.356 e. The molecule has 1 saturated heterocycles. The van der Waals surface area contributed by atoms with Crippen molar-refractivity contribution in [2.45, 2.75) is 19.9 Å². The van der Waals surface area contributed by atoms with Crippen molar-refractivity contribution in [1.82, 2.24) is 25.8 Å². The number of aliphatic imine (C=N–C) groups is 1. The number of anilines is 1. The topological polar surface area (TPSA) is 84.9 Å². The van der Waals surface area contributed by atoms with Crippen molar-refractivity contribution in [3.8, 4) is 0 Å². The number of amides is 1. The molecule has 2 aromatic rings. The van der Waals surface area contributed by atoms with Crippen LogP contribution < -0.4 is 20.9 Å². The van der Waals surface area contributed by atoms with E-state index < -0.39 is 0 Å². The molecular formula is C24H36IN7O. The first-order valence-electron chi connectivity index (χ1n) is 11.3. The Hall–Kier alpha value is -2.40. The number of nitrogens with one attached hydrogen (secondary N) is 3. The number of hydrogen-bond donors (Lipinski definition) is 3. The second-order valence-corrected chi connectivity index (χ2v) is 7.83. The molecule has 0 unspecified atom stereocenters. The van der Waals surface area contributed by atoms with E-state index in [1.807, 2.05) is 30.5 Å². The van der Waals surface area contributed by atoms with Crippen LogP contribution in [-0.2, 0) is 13.0 Å². The van der Waals surface area contributed by atoms with Gasteiger partial charge in [-0.3, -0.25) is 9.79 Å². The number of carbonyl (C=O) groups is 1. The van der Waals surface area contributed by atoms with Gasteiger partial charge in [0.2, 0.25) is 0 Å². The van der Waals surface area contributed by atoms with Gasteiger partial charge in [-0.1, -0.05) is 25.1 Å². The maximum atomic E-state index is 11.8. The molecule has 0 bridgehead atoms. The van der Waals surface area contributed by atoms with Gasteiger partial charge in [-0.2, -0.15) is 0 Å². The van der Waals surface area contributed by atoms with Gasteiger partial charge in [0.1, 0.15) is 5.82 Å². The first kappa shape index (κ1) is 26.8. The van der Waals surface area contributed by atoms with Crippen LogP contribution in [0.1, 0.15) is 28.4 Å². The lowest BCUT2D eigenvalue weighted by molar-refractivity contribution is 0.0963. The van der Waals surface area contributed by atoms with E-state index in [0.717, 1.165) is 68.6 Å². The average Bonchev–Trinajstić information content (AvgIpc) is 2.86. The lowest BCUT2D eigenvalue weighted by atomic mass is 10.1. The van der Waals surface area contributed by atoms with Crippen molar-refractivity contribution in [2.75, 3.05) is 58.3 Å². The summed E-state index contributed by atoms with van der Waals surface area (Å²) in [6.45, 7) is 8.95. The molecule has 3 rings (SSSR count). The van der Waals surface area contributed by atoms with Crippen LogP contribution in [0.4, 0.5) is 5.82 Å². The summed E-state index contributed by atoms with van der Waals surface area (Å²) in [6, 6.07) is 11.9. The number of pyridine rings is 1. The van der Waals surface area contributed by atoms with Gasteiger partial charge in [0.25, 0.3) is 5.91 Å². The maximum absolute atomic E-state index is 11.8. The fourth-order valence-corrected chi connectivity index (χ4v) is 3.75. The Morgan fingerprint density at radius 1 is 1.09 bits per heavy atom. The third kappa shape index (κ3) is 8.15. The number of hydrogen-bond acceptors (Lipinski definition) is 5. The van der Waals surface area contributed by atoms with E-state index in [0.29, 0.717) is 12.1 Å². The van der Waals surface area contributed by atoms with Crippen LogP contribution in [0.5, 0.6) is 0 Å². The third-order valence-electron chi connectivity index (χ3n) is 5.76. The summed E-state index contributed by atoms with van der Waals surface area (Å²) < 4.78 is 0. The molecule has 1 aromatic heterocycles. The summed E-state index contributed by atoms with van der Waals surface area (Å²) >= 11 is 0. The highest BCUT2D eigenvalue weighted by molar-refractivity contribution is 14.0. The molecule has 0 radical (unpaired) electrons. The van der Waals surface area contributed by atoms with E-state index in [1.165, 1.54) is 0 Å². The summed E-state index contributed by atoms with van der Waals surface area (Å²) in [6.07, 6.45) is 2.74. The lowest BCUT2D eigenvalue weighted by Gasteiger charge is -2.34. The second-order valence-electron chi connectivity index (χ2n) is 7.83. The van der Waals surface area contributed by atoms with Crippen molar-refractivity contribution < 1.29 is 4.79 Å². The van der Waals surface area contributed by atoms with Crippen LogP contribution in [-0.4, -0.2) is 75.1 Å². The number of nitrogens with zero attached hydrogens (tertiary/aromatic N) is 4. The van der Waals surface area contributed by atoms with Gasteiger partial charge in [0.15, 0.2) is 5.96 Å². The molecule has 0 spiro atoms. The van der Waals surface area contributed by atoms with E-state index in [9.17, 15) is 4.79 Å². The molecule has 8 nitrogen and oxygen atoms in total. The highest BCUT2D eigenvalue weighted by Crippen LogP contribution is 2.14. The molecule has 180 valence electrons. The second kappa shape index (κ2) is 14.0. The van der Waals surface area contributed by atoms with E-state index >= 15 is 0 Å². The Labute approximate surface area is 214 Å². The number of likely N-dealkylation sites (N-methyl/N-ethyl adjacent to an activating group) is 1. The highest BCUT2D eigenvalue weighted by Gasteiger charge is 2.16. The minimum absolute atomic E-state index is 0. The van der Waals surface area contributed by atoms with Gasteiger partial charge in [0.05, 0.1) is 0 Å². The summed E-state index contributed by atoms with van der Waals surface area (Å²) in [5.74, 6) is 1.72. The van der Waals surface area contributed by atoms with E-state index in [1.54, 1.807) is 14.1 Å². The summed E-state index contributed by atoms with van der Waals surface area (Å²) in [5, 5.41) is 9.32. The fourth-order valence-electron chi connectivity index (χ4n) is 3.75. The predicted molar refractivity (Wildman–Crippen MR) is 146 cm³/mol. The number of carbonyl (C=O) groups excluding carboxylic acids is 1. The largest absolute Gasteiger partial charge is 0.356 e. The molecule has 33 heavy (non-hydrogen) atoms. The normalized spacial score (nSPS) is 14.4. The van der Waals surface area contributed by atoms with E-state index in [-0.39, 0.29) is 29.9 Å². The van der Waals surface area contributed by atoms with Crippen LogP contribution in [0.15, 0.2) is 47.6 Å². The van der Waals surface area contributed by atoms with Crippen LogP contribution in [0, 0.1) is 0 Å². The van der Waals surface area contributed by atoms with Crippen molar-refractivity contribution in [1.29, 1.82) is 0 Å². The first-order chi connectivity index (χ1) is 15.6. The SMILES string of the molecule is CCN1CCN(c2ccc(CNC(=NC)NCCc3cccc(C(=O)NC)c3)cn2)CC1.I. The van der Waals surface area contributed by atoms with Gasteiger partial charge in [-0.05, 0) is 42.3 Å². The summed E-state index contributed by atoms with van der Waals surface area (Å²) in [5.41, 5.74) is 2.89. The molecule has 0 atom stereocenters. The number of guanidine groups is 1. The van der Waals surface area contributed by atoms with E-state index in [4.69, 9.17) is 0 Å². The van der Waals surface area contributed by atoms with Crippen molar-refractivity contribution in [3.63, 3.8) is 0 Å². The zero-order valence-electron chi connectivity index (χ0n) is 19.8. The van der Waals surface area contributed by atoms with Crippen LogP contribution in [0.25, 0.3) is 0 Å². The van der Waals surface area contributed by atoms with Gasteiger partial charge in [0, 0.05) is 65.1 Å². The number of rotatable bonds is 8. The van der Waals surface area contributed by atoms with Crippen molar-refractivity contribution in [3.05, 3.63) is 59.3 Å². The predicted octanol–water partition coefficient (Wildman–Crippen LogP) is 2.11. The molecule has 2 heterocycles. The van der Waals surface area contributed by atoms with E-state index in [2.05, 4.69) is 54.8 Å². The molecule has 1 aromatic carbocycles. The third-order valence-corrected chi connectivity index (χ3v) is 5.76. The summed E-state index contributed by atoms with van der Waals surface area (Å²) in [7, 11) is 3.40. The minimum atomic E-state index is -0.0693. The quantitative estimate of drug-likeness (QED) is 0.259. The van der Waals surface area contributed by atoms with Crippen LogP contribution >= 0.6 is 24.0 Å². The smallest absolute Gasteiger partial charge is 0.251 e. The first-order valence-corrected chi connectivity index (χ1v) is 11.3. The van der Waals surface area contributed by atoms with Crippen LogP contribution in [0.2, 0.25) is 0 Å². The zero-order valence-corrected chi connectivity index (χ0v) is 22.1. The van der Waals surface area contributed by atoms with Gasteiger partial charge in [-0.15, -0.1) is 24.0 Å². The van der Waals surface area contributed by atoms with Gasteiger partial charge in [-0.25, -0.2) is 4.98 Å². The Morgan fingerprint density at radius 3 is 2.52 bits per heavy atom. The Morgan fingerprint density at radius 2 is 1.88 bits per heavy atom. The number of piperazine rings is 1. The molecule has 1 aliphatic heterocycles. The molecule has 1 aliphatic rings. The van der Waals surface area contributed by atoms with Crippen molar-refractivity contribution >= 4 is 41.7 Å². The van der Waals surface area contributed by atoms with Gasteiger partial charge < -0.3 is 25.8 Å². The Balaban J connectivity index is 0.00000385. The maximum Gasteiger partial charge on any atom is 0.251 e. The standard InChI is InChI=1S/C24H35N7O.HI/c1-4-30-12-14-31(15-13-30)22-9-8-20(17-28-22)18-29-24(26-3)27-11-10-19-6-5-7-21(16-19)23(32)25-2;/h5-9,16-17H,4,10-15,18H2,1-3H3,(H,25,32)(H2,26,27,29);1H. The molecule has 3 N–H and O–H groups in total. The Kier molecular flexibility index (Phi) is 11.4. The molecular weight excluding hydrogens is 529 g/mol. The lowest BCUT2D eigenvalue weighted by Crippen LogP contribution is -2.46. The monoisotopic (exact) mass is 565 g/mol. The number of benzene rings is 1.